The highest BCUT2D eigenvalue weighted by Gasteiger charge is 2.20. The van der Waals surface area contributed by atoms with Gasteiger partial charge in [0.05, 0.1) is 10.4 Å². The van der Waals surface area contributed by atoms with Gasteiger partial charge < -0.3 is 9.32 Å². The van der Waals surface area contributed by atoms with E-state index < -0.39 is 0 Å². The van der Waals surface area contributed by atoms with E-state index in [-0.39, 0.29) is 0 Å². The molecule has 6 aromatic carbocycles. The summed E-state index contributed by atoms with van der Waals surface area (Å²) in [7, 11) is 0. The number of para-hydroxylation sites is 1. The van der Waals surface area contributed by atoms with Gasteiger partial charge in [-0.3, -0.25) is 0 Å². The van der Waals surface area contributed by atoms with Crippen molar-refractivity contribution in [3.8, 4) is 0 Å². The Morgan fingerprint density at radius 1 is 0.579 bits per heavy atom. The molecule has 0 saturated heterocycles. The van der Waals surface area contributed by atoms with E-state index in [2.05, 4.69) is 102 Å². The highest BCUT2D eigenvalue weighted by molar-refractivity contribution is 7.26. The number of nitrogens with zero attached hydrogens (tertiary/aromatic N) is 1. The number of thiophene rings is 1. The lowest BCUT2D eigenvalue weighted by Crippen LogP contribution is -2.10. The lowest BCUT2D eigenvalue weighted by atomic mass is 10.1. The molecule has 4 heteroatoms. The van der Waals surface area contributed by atoms with Crippen LogP contribution in [0.1, 0.15) is 0 Å². The van der Waals surface area contributed by atoms with Gasteiger partial charge in [0, 0.05) is 42.6 Å². The van der Waals surface area contributed by atoms with E-state index in [0.29, 0.717) is 0 Å². The molecule has 0 N–H and O–H groups in total. The minimum Gasteiger partial charge on any atom is -0.456 e. The quantitative estimate of drug-likeness (QED) is 0.228. The predicted octanol–water partition coefficient (Wildman–Crippen LogP) is 11.2. The third-order valence-electron chi connectivity index (χ3n) is 7.30. The number of rotatable bonds is 3. The van der Waals surface area contributed by atoms with Gasteiger partial charge in [-0.05, 0) is 65.4 Å². The molecular weight excluding hydrogens is 506 g/mol. The van der Waals surface area contributed by atoms with Crippen LogP contribution in [0.15, 0.2) is 126 Å². The van der Waals surface area contributed by atoms with Gasteiger partial charge in [0.1, 0.15) is 11.2 Å². The second-order valence-electron chi connectivity index (χ2n) is 9.51. The fourth-order valence-electron chi connectivity index (χ4n) is 5.56. The highest BCUT2D eigenvalue weighted by Crippen LogP contribution is 2.47. The van der Waals surface area contributed by atoms with Gasteiger partial charge in [0.15, 0.2) is 0 Å². The summed E-state index contributed by atoms with van der Waals surface area (Å²) in [5.74, 6) is 0. The lowest BCUT2D eigenvalue weighted by molar-refractivity contribution is 0.669. The molecule has 0 aliphatic carbocycles. The van der Waals surface area contributed by atoms with Crippen LogP contribution < -0.4 is 4.90 Å². The van der Waals surface area contributed by atoms with Crippen LogP contribution in [-0.2, 0) is 0 Å². The van der Waals surface area contributed by atoms with Crippen LogP contribution in [0.5, 0.6) is 0 Å². The molecule has 2 aromatic heterocycles. The summed E-state index contributed by atoms with van der Waals surface area (Å²) < 4.78 is 8.55. The van der Waals surface area contributed by atoms with E-state index in [0.717, 1.165) is 49.4 Å². The Hall–Kier alpha value is -4.31. The molecule has 0 radical (unpaired) electrons. The van der Waals surface area contributed by atoms with Gasteiger partial charge in [0.2, 0.25) is 0 Å². The summed E-state index contributed by atoms with van der Waals surface area (Å²) in [6.07, 6.45) is 0. The van der Waals surface area contributed by atoms with Crippen molar-refractivity contribution >= 4 is 92.9 Å². The van der Waals surface area contributed by atoms with Crippen LogP contribution in [0.3, 0.4) is 0 Å². The van der Waals surface area contributed by atoms with Gasteiger partial charge in [0.25, 0.3) is 0 Å². The van der Waals surface area contributed by atoms with Crippen molar-refractivity contribution in [2.75, 3.05) is 4.90 Å². The largest absolute Gasteiger partial charge is 0.456 e. The summed E-state index contributed by atoms with van der Waals surface area (Å²) in [5, 5.41) is 7.73. The number of benzene rings is 6. The van der Waals surface area contributed by atoms with Gasteiger partial charge in [-0.15, -0.1) is 11.3 Å². The number of furan rings is 1. The molecule has 0 spiro atoms. The number of fused-ring (bicyclic) bond motifs is 7. The first-order valence-corrected chi connectivity index (χ1v) is 13.7. The predicted molar refractivity (Wildman–Crippen MR) is 164 cm³/mol. The molecule has 0 saturated carbocycles. The maximum absolute atomic E-state index is 6.70. The maximum Gasteiger partial charge on any atom is 0.135 e. The van der Waals surface area contributed by atoms with Crippen LogP contribution in [0.2, 0.25) is 5.02 Å². The van der Waals surface area contributed by atoms with Gasteiger partial charge in [-0.1, -0.05) is 78.3 Å². The molecule has 0 aliphatic heterocycles. The van der Waals surface area contributed by atoms with Crippen molar-refractivity contribution in [3.63, 3.8) is 0 Å². The van der Waals surface area contributed by atoms with Crippen molar-refractivity contribution in [2.45, 2.75) is 0 Å². The smallest absolute Gasteiger partial charge is 0.135 e. The van der Waals surface area contributed by atoms with E-state index in [4.69, 9.17) is 16.0 Å². The first-order chi connectivity index (χ1) is 18.7. The van der Waals surface area contributed by atoms with Crippen LogP contribution >= 0.6 is 22.9 Å². The van der Waals surface area contributed by atoms with Gasteiger partial charge in [-0.25, -0.2) is 0 Å². The molecule has 2 nitrogen and oxygen atoms in total. The first kappa shape index (κ1) is 21.7. The average molecular weight is 526 g/mol. The normalized spacial score (nSPS) is 11.8. The zero-order valence-corrected chi connectivity index (χ0v) is 21.8. The Balaban J connectivity index is 1.44. The fraction of sp³-hybridized carbons (Fsp3) is 0. The molecule has 8 rings (SSSR count). The van der Waals surface area contributed by atoms with Crippen molar-refractivity contribution < 1.29 is 4.42 Å². The van der Waals surface area contributed by atoms with Crippen LogP contribution in [0.4, 0.5) is 17.1 Å². The van der Waals surface area contributed by atoms with Gasteiger partial charge >= 0.3 is 0 Å². The Kier molecular flexibility index (Phi) is 4.78. The zero-order valence-electron chi connectivity index (χ0n) is 20.2. The third kappa shape index (κ3) is 3.26. The van der Waals surface area contributed by atoms with E-state index in [1.807, 2.05) is 24.3 Å². The Bertz CT molecular complexity index is 2170. The maximum atomic E-state index is 6.70. The summed E-state index contributed by atoms with van der Waals surface area (Å²) in [4.78, 5) is 2.36. The Morgan fingerprint density at radius 3 is 2.26 bits per heavy atom. The average Bonchev–Trinajstić information content (AvgIpc) is 3.53. The summed E-state index contributed by atoms with van der Waals surface area (Å²) in [6.45, 7) is 0. The van der Waals surface area contributed by atoms with Crippen molar-refractivity contribution in [1.82, 2.24) is 0 Å². The highest BCUT2D eigenvalue weighted by atomic mass is 35.5. The standard InChI is InChI=1S/C34H20ClNOS/c35-28-11-6-14-32-33(28)26-10-5-12-29(34(26)38-32)36(23-16-15-21-7-1-2-8-22(21)19-23)24-17-18-31-27(20-24)25-9-3-4-13-30(25)37-31/h1-20H. The number of hydrogen-bond donors (Lipinski definition) is 0. The van der Waals surface area contributed by atoms with Gasteiger partial charge in [-0.2, -0.15) is 0 Å². The molecule has 0 bridgehead atoms. The molecule has 2 heterocycles. The minimum absolute atomic E-state index is 0.787. The molecule has 8 aromatic rings. The lowest BCUT2D eigenvalue weighted by Gasteiger charge is -2.26. The molecule has 0 atom stereocenters. The minimum atomic E-state index is 0.787. The van der Waals surface area contributed by atoms with Crippen molar-refractivity contribution in [2.24, 2.45) is 0 Å². The topological polar surface area (TPSA) is 16.4 Å². The zero-order chi connectivity index (χ0) is 25.2. The number of hydrogen-bond acceptors (Lipinski definition) is 3. The fourth-order valence-corrected chi connectivity index (χ4v) is 7.13. The second-order valence-corrected chi connectivity index (χ2v) is 11.0. The van der Waals surface area contributed by atoms with Crippen LogP contribution in [0.25, 0.3) is 52.9 Å². The summed E-state index contributed by atoms with van der Waals surface area (Å²) in [6, 6.07) is 42.6. The van der Waals surface area contributed by atoms with Crippen molar-refractivity contribution in [3.05, 3.63) is 126 Å². The summed E-state index contributed by atoms with van der Waals surface area (Å²) in [5.41, 5.74) is 5.10. The Labute approximate surface area is 227 Å². The number of halogens is 1. The molecule has 0 unspecified atom stereocenters. The van der Waals surface area contributed by atoms with E-state index in [1.54, 1.807) is 11.3 Å². The molecule has 0 amide bonds. The van der Waals surface area contributed by atoms with E-state index >= 15 is 0 Å². The molecule has 0 fully saturated rings. The Morgan fingerprint density at radius 2 is 1.32 bits per heavy atom. The van der Waals surface area contributed by atoms with Crippen LogP contribution in [-0.4, -0.2) is 0 Å². The molecular formula is C34H20ClNOS. The monoisotopic (exact) mass is 525 g/mol. The van der Waals surface area contributed by atoms with E-state index in [1.165, 1.54) is 25.6 Å². The van der Waals surface area contributed by atoms with E-state index in [9.17, 15) is 0 Å². The molecule has 180 valence electrons. The molecule has 0 aliphatic rings. The second kappa shape index (κ2) is 8.35. The molecule has 38 heavy (non-hydrogen) atoms. The van der Waals surface area contributed by atoms with Crippen molar-refractivity contribution in [1.29, 1.82) is 0 Å². The first-order valence-electron chi connectivity index (χ1n) is 12.5. The van der Waals surface area contributed by atoms with Crippen LogP contribution in [0, 0.1) is 0 Å². The third-order valence-corrected chi connectivity index (χ3v) is 8.81. The SMILES string of the molecule is Clc1cccc2sc3c(N(c4ccc5ccccc5c4)c4ccc5oc6ccccc6c5c4)cccc3c12. The summed E-state index contributed by atoms with van der Waals surface area (Å²) >= 11 is 8.49. The number of anilines is 3.